The van der Waals surface area contributed by atoms with Gasteiger partial charge in [0.05, 0.1) is 6.61 Å². The number of rotatable bonds is 6. The van der Waals surface area contributed by atoms with Crippen LogP contribution >= 0.6 is 11.6 Å². The number of piperazine rings is 1. The summed E-state index contributed by atoms with van der Waals surface area (Å²) in [4.78, 5) is 30.6. The van der Waals surface area contributed by atoms with E-state index < -0.39 is 0 Å². The van der Waals surface area contributed by atoms with E-state index in [0.717, 1.165) is 38.2 Å². The fourth-order valence-corrected chi connectivity index (χ4v) is 4.64. The highest BCUT2D eigenvalue weighted by molar-refractivity contribution is 6.30. The molecule has 2 aliphatic rings. The summed E-state index contributed by atoms with van der Waals surface area (Å²) in [6.07, 6.45) is 1.46. The third-order valence-electron chi connectivity index (χ3n) is 6.31. The molecule has 7 nitrogen and oxygen atoms in total. The van der Waals surface area contributed by atoms with Gasteiger partial charge in [-0.3, -0.25) is 9.69 Å². The third kappa shape index (κ3) is 6.42. The summed E-state index contributed by atoms with van der Waals surface area (Å²) in [5.41, 5.74) is 1.82. The lowest BCUT2D eigenvalue weighted by atomic mass is 10.1. The monoisotopic (exact) mass is 485 g/mol. The summed E-state index contributed by atoms with van der Waals surface area (Å²) in [5, 5.41) is 0.574. The normalized spacial score (nSPS) is 17.5. The Morgan fingerprint density at radius 3 is 2.38 bits per heavy atom. The second-order valence-electron chi connectivity index (χ2n) is 8.73. The minimum atomic E-state index is -0.224. The molecule has 2 amide bonds. The fraction of sp³-hybridized carbons (Fsp3) is 0.462. The zero-order valence-electron chi connectivity index (χ0n) is 19.6. The van der Waals surface area contributed by atoms with E-state index in [9.17, 15) is 9.59 Å². The molecular formula is C26H32ClN3O4. The number of hydrogen-bond acceptors (Lipinski definition) is 5. The highest BCUT2D eigenvalue weighted by atomic mass is 35.5. The van der Waals surface area contributed by atoms with Gasteiger partial charge in [0, 0.05) is 69.2 Å². The summed E-state index contributed by atoms with van der Waals surface area (Å²) in [6.45, 7) is 7.40. The molecule has 0 aromatic heterocycles. The number of hydrogen-bond donors (Lipinski definition) is 0. The number of nitrogens with zero attached hydrogens (tertiary/aromatic N) is 3. The lowest BCUT2D eigenvalue weighted by Gasteiger charge is -2.34. The molecule has 0 N–H and O–H groups in total. The molecule has 34 heavy (non-hydrogen) atoms. The number of ether oxygens (including phenoxy) is 2. The first-order valence-electron chi connectivity index (χ1n) is 12.0. The average molecular weight is 486 g/mol. The Kier molecular flexibility index (Phi) is 8.29. The van der Waals surface area contributed by atoms with Crippen molar-refractivity contribution in [2.24, 2.45) is 0 Å². The second-order valence-corrected chi connectivity index (χ2v) is 9.17. The van der Waals surface area contributed by atoms with Crippen LogP contribution in [0.25, 0.3) is 0 Å². The number of amides is 2. The molecule has 2 aromatic rings. The van der Waals surface area contributed by atoms with E-state index in [0.29, 0.717) is 43.4 Å². The molecule has 0 bridgehead atoms. The van der Waals surface area contributed by atoms with E-state index in [-0.39, 0.29) is 18.1 Å². The Morgan fingerprint density at radius 2 is 1.68 bits per heavy atom. The van der Waals surface area contributed by atoms with Crippen molar-refractivity contribution >= 4 is 23.6 Å². The van der Waals surface area contributed by atoms with Crippen molar-refractivity contribution in [3.8, 4) is 5.75 Å². The van der Waals surface area contributed by atoms with E-state index >= 15 is 0 Å². The maximum atomic E-state index is 12.7. The van der Waals surface area contributed by atoms with Gasteiger partial charge in [0.1, 0.15) is 11.9 Å². The molecule has 182 valence electrons. The molecule has 0 spiro atoms. The number of carbonyl (C=O) groups excluding carboxylic acids is 2. The largest absolute Gasteiger partial charge is 0.490 e. The van der Waals surface area contributed by atoms with Crippen molar-refractivity contribution in [2.75, 3.05) is 45.9 Å². The quantitative estimate of drug-likeness (QED) is 0.610. The lowest BCUT2D eigenvalue weighted by Crippen LogP contribution is -2.48. The van der Waals surface area contributed by atoms with Gasteiger partial charge >= 0.3 is 6.09 Å². The third-order valence-corrected chi connectivity index (χ3v) is 6.54. The van der Waals surface area contributed by atoms with Gasteiger partial charge in [0.2, 0.25) is 0 Å². The highest BCUT2D eigenvalue weighted by Gasteiger charge is 2.25. The Morgan fingerprint density at radius 1 is 0.941 bits per heavy atom. The average Bonchev–Trinajstić information content (AvgIpc) is 2.85. The van der Waals surface area contributed by atoms with E-state index in [1.165, 1.54) is 5.56 Å². The van der Waals surface area contributed by atoms with E-state index in [4.69, 9.17) is 21.1 Å². The number of likely N-dealkylation sites (tertiary alicyclic amines) is 1. The topological polar surface area (TPSA) is 62.3 Å². The molecule has 0 aliphatic carbocycles. The molecule has 8 heteroatoms. The summed E-state index contributed by atoms with van der Waals surface area (Å²) < 4.78 is 11.4. The first-order chi connectivity index (χ1) is 16.5. The Bertz CT molecular complexity index is 986. The summed E-state index contributed by atoms with van der Waals surface area (Å²) in [5.74, 6) is 0.883. The van der Waals surface area contributed by atoms with Crippen LogP contribution in [0.4, 0.5) is 4.79 Å². The molecule has 0 atom stereocenters. The number of piperidine rings is 1. The van der Waals surface area contributed by atoms with Gasteiger partial charge in [-0.1, -0.05) is 29.8 Å². The molecule has 2 aliphatic heterocycles. The van der Waals surface area contributed by atoms with Crippen molar-refractivity contribution in [1.29, 1.82) is 0 Å². The molecule has 2 heterocycles. The van der Waals surface area contributed by atoms with Crippen molar-refractivity contribution in [3.63, 3.8) is 0 Å². The predicted octanol–water partition coefficient (Wildman–Crippen LogP) is 4.30. The first-order valence-corrected chi connectivity index (χ1v) is 12.3. The van der Waals surface area contributed by atoms with Crippen molar-refractivity contribution in [2.45, 2.75) is 32.4 Å². The zero-order chi connectivity index (χ0) is 23.9. The molecule has 0 unspecified atom stereocenters. The van der Waals surface area contributed by atoms with Crippen LogP contribution in [0.3, 0.4) is 0 Å². The summed E-state index contributed by atoms with van der Waals surface area (Å²) in [7, 11) is 0. The van der Waals surface area contributed by atoms with Gasteiger partial charge in [-0.25, -0.2) is 4.79 Å². The van der Waals surface area contributed by atoms with Crippen LogP contribution in [0, 0.1) is 0 Å². The van der Waals surface area contributed by atoms with Gasteiger partial charge < -0.3 is 19.3 Å². The van der Waals surface area contributed by atoms with Gasteiger partial charge in [-0.2, -0.15) is 0 Å². The van der Waals surface area contributed by atoms with Gasteiger partial charge in [-0.15, -0.1) is 0 Å². The molecule has 0 radical (unpaired) electrons. The Hall–Kier alpha value is -2.77. The first kappa shape index (κ1) is 24.4. The van der Waals surface area contributed by atoms with Crippen molar-refractivity contribution in [1.82, 2.24) is 14.7 Å². The SMILES string of the molecule is CCOC(=O)N1CCN(Cc2cccc(OC3CCN(C(=O)c4cccc(Cl)c4)CC3)c2)CC1. The predicted molar refractivity (Wildman–Crippen MR) is 131 cm³/mol. The van der Waals surface area contributed by atoms with E-state index in [1.807, 2.05) is 24.0 Å². The molecular weight excluding hydrogens is 454 g/mol. The molecule has 2 aromatic carbocycles. The maximum absolute atomic E-state index is 12.7. The van der Waals surface area contributed by atoms with Crippen LogP contribution in [-0.4, -0.2) is 78.7 Å². The van der Waals surface area contributed by atoms with Crippen molar-refractivity contribution < 1.29 is 19.1 Å². The molecule has 2 saturated heterocycles. The van der Waals surface area contributed by atoms with Gasteiger partial charge in [-0.05, 0) is 42.8 Å². The van der Waals surface area contributed by atoms with E-state index in [2.05, 4.69) is 17.0 Å². The Labute approximate surface area is 206 Å². The maximum Gasteiger partial charge on any atom is 0.409 e. The minimum Gasteiger partial charge on any atom is -0.490 e. The van der Waals surface area contributed by atoms with Gasteiger partial charge in [0.15, 0.2) is 0 Å². The lowest BCUT2D eigenvalue weighted by molar-refractivity contribution is 0.0595. The summed E-state index contributed by atoms with van der Waals surface area (Å²) in [6, 6.07) is 15.3. The highest BCUT2D eigenvalue weighted by Crippen LogP contribution is 2.23. The minimum absolute atomic E-state index is 0.0194. The Balaban J connectivity index is 1.24. The fourth-order valence-electron chi connectivity index (χ4n) is 4.45. The van der Waals surface area contributed by atoms with Crippen LogP contribution in [-0.2, 0) is 11.3 Å². The zero-order valence-corrected chi connectivity index (χ0v) is 20.4. The van der Waals surface area contributed by atoms with E-state index in [1.54, 1.807) is 29.2 Å². The van der Waals surface area contributed by atoms with Gasteiger partial charge in [0.25, 0.3) is 5.91 Å². The number of carbonyl (C=O) groups is 2. The van der Waals surface area contributed by atoms with Crippen molar-refractivity contribution in [3.05, 3.63) is 64.7 Å². The molecule has 0 saturated carbocycles. The smallest absolute Gasteiger partial charge is 0.409 e. The van der Waals surface area contributed by atoms with Crippen LogP contribution in [0.5, 0.6) is 5.75 Å². The van der Waals surface area contributed by atoms with Crippen LogP contribution in [0.2, 0.25) is 5.02 Å². The molecule has 2 fully saturated rings. The number of benzene rings is 2. The van der Waals surface area contributed by atoms with Crippen LogP contribution < -0.4 is 4.74 Å². The van der Waals surface area contributed by atoms with Crippen LogP contribution in [0.15, 0.2) is 48.5 Å². The standard InChI is InChI=1S/C26H32ClN3O4/c1-2-33-26(32)30-15-13-28(14-16-30)19-20-5-3-8-24(17-20)34-23-9-11-29(12-10-23)25(31)21-6-4-7-22(27)18-21/h3-8,17-18,23H,2,9-16,19H2,1H3. The second kappa shape index (κ2) is 11.6. The van der Waals surface area contributed by atoms with Crippen LogP contribution in [0.1, 0.15) is 35.7 Å². The molecule has 4 rings (SSSR count). The summed E-state index contributed by atoms with van der Waals surface area (Å²) >= 11 is 6.03. The number of halogens is 1.